The lowest BCUT2D eigenvalue weighted by atomic mass is 10.1. The number of fused-ring (bicyclic) bond motifs is 1. The Bertz CT molecular complexity index is 1320. The Morgan fingerprint density at radius 3 is 2.55 bits per heavy atom. The lowest BCUT2D eigenvalue weighted by Gasteiger charge is -2.19. The zero-order chi connectivity index (χ0) is 22.9. The fraction of sp³-hybridized carbons (Fsp3) is 0.286. The molecule has 5 rings (SSSR count). The first kappa shape index (κ1) is 21.3. The molecule has 0 spiro atoms. The Morgan fingerprint density at radius 2 is 1.73 bits per heavy atom. The Kier molecular flexibility index (Phi) is 5.63. The molecule has 1 aliphatic rings. The normalized spacial score (nSPS) is 16.0. The van der Waals surface area contributed by atoms with E-state index in [1.54, 1.807) is 0 Å². The molecular weight excluding hydrogens is 410 g/mol. The number of benzene rings is 3. The second-order valence-electron chi connectivity index (χ2n) is 8.90. The quantitative estimate of drug-likeness (QED) is 0.395. The van der Waals surface area contributed by atoms with Crippen molar-refractivity contribution in [3.8, 4) is 5.75 Å². The van der Waals surface area contributed by atoms with Crippen LogP contribution in [0.3, 0.4) is 0 Å². The molecule has 5 heteroatoms. The van der Waals surface area contributed by atoms with Gasteiger partial charge in [0.1, 0.15) is 18.2 Å². The van der Waals surface area contributed by atoms with E-state index in [-0.39, 0.29) is 11.8 Å². The number of para-hydroxylation sites is 3. The number of ether oxygens (including phenoxy) is 1. The van der Waals surface area contributed by atoms with Gasteiger partial charge in [-0.3, -0.25) is 4.79 Å². The van der Waals surface area contributed by atoms with Crippen molar-refractivity contribution >= 4 is 22.6 Å². The molecule has 0 bridgehead atoms. The Balaban J connectivity index is 1.41. The van der Waals surface area contributed by atoms with Crippen LogP contribution in [0.25, 0.3) is 11.0 Å². The summed E-state index contributed by atoms with van der Waals surface area (Å²) >= 11 is 0. The van der Waals surface area contributed by atoms with E-state index in [1.165, 1.54) is 11.1 Å². The van der Waals surface area contributed by atoms with Crippen LogP contribution in [0.2, 0.25) is 0 Å². The van der Waals surface area contributed by atoms with Gasteiger partial charge in [0, 0.05) is 24.6 Å². The summed E-state index contributed by atoms with van der Waals surface area (Å²) in [5, 5.41) is 0. The molecule has 168 valence electrons. The molecule has 0 saturated carbocycles. The number of carbonyl (C=O) groups is 1. The summed E-state index contributed by atoms with van der Waals surface area (Å²) in [4.78, 5) is 19.8. The summed E-state index contributed by atoms with van der Waals surface area (Å²) in [6.45, 7) is 8.10. The van der Waals surface area contributed by atoms with Gasteiger partial charge in [0.05, 0.1) is 17.6 Å². The maximum atomic E-state index is 13.0. The number of carbonyl (C=O) groups excluding carboxylic acids is 1. The summed E-state index contributed by atoms with van der Waals surface area (Å²) in [6, 6.07) is 22.5. The lowest BCUT2D eigenvalue weighted by Crippen LogP contribution is -2.24. The first-order valence-corrected chi connectivity index (χ1v) is 11.5. The van der Waals surface area contributed by atoms with Crippen LogP contribution in [0.4, 0.5) is 5.69 Å². The van der Waals surface area contributed by atoms with Crippen LogP contribution in [0.15, 0.2) is 66.7 Å². The maximum absolute atomic E-state index is 13.0. The van der Waals surface area contributed by atoms with Crippen LogP contribution >= 0.6 is 0 Å². The van der Waals surface area contributed by atoms with Gasteiger partial charge >= 0.3 is 0 Å². The Morgan fingerprint density at radius 1 is 0.939 bits per heavy atom. The van der Waals surface area contributed by atoms with Crippen molar-refractivity contribution in [1.82, 2.24) is 9.55 Å². The second-order valence-corrected chi connectivity index (χ2v) is 8.90. The minimum absolute atomic E-state index is 0.0463. The van der Waals surface area contributed by atoms with E-state index < -0.39 is 0 Å². The average Bonchev–Trinajstić information content (AvgIpc) is 3.37. The van der Waals surface area contributed by atoms with E-state index in [2.05, 4.69) is 49.6 Å². The first-order chi connectivity index (χ1) is 16.0. The molecule has 3 aromatic carbocycles. The second kappa shape index (κ2) is 8.74. The number of imidazole rings is 1. The van der Waals surface area contributed by atoms with Crippen molar-refractivity contribution < 1.29 is 9.53 Å². The zero-order valence-electron chi connectivity index (χ0n) is 19.4. The molecule has 1 aliphatic heterocycles. The van der Waals surface area contributed by atoms with Gasteiger partial charge in [-0.15, -0.1) is 0 Å². The molecule has 1 fully saturated rings. The fourth-order valence-electron chi connectivity index (χ4n) is 4.63. The number of anilines is 1. The molecule has 0 radical (unpaired) electrons. The van der Waals surface area contributed by atoms with Gasteiger partial charge in [-0.2, -0.15) is 0 Å². The Labute approximate surface area is 194 Å². The molecule has 0 N–H and O–H groups in total. The number of rotatable bonds is 6. The molecular formula is C28H29N3O2. The number of hydrogen-bond acceptors (Lipinski definition) is 3. The predicted octanol–water partition coefficient (Wildman–Crippen LogP) is 5.56. The van der Waals surface area contributed by atoms with Crippen LogP contribution in [-0.4, -0.2) is 28.6 Å². The summed E-state index contributed by atoms with van der Waals surface area (Å²) in [5.74, 6) is 2.06. The van der Waals surface area contributed by atoms with Crippen molar-refractivity contribution in [1.29, 1.82) is 0 Å². The molecule has 33 heavy (non-hydrogen) atoms. The minimum Gasteiger partial charge on any atom is -0.491 e. The molecule has 1 aromatic heterocycles. The van der Waals surface area contributed by atoms with Gasteiger partial charge in [0.2, 0.25) is 5.91 Å². The van der Waals surface area contributed by atoms with Crippen molar-refractivity contribution in [3.05, 3.63) is 89.2 Å². The van der Waals surface area contributed by atoms with E-state index >= 15 is 0 Å². The highest BCUT2D eigenvalue weighted by Crippen LogP contribution is 2.34. The van der Waals surface area contributed by atoms with Crippen molar-refractivity contribution in [3.63, 3.8) is 0 Å². The standard InChI is InChI=1S/C28H29N3O2/c1-19-12-13-23(16-21(19)3)31-18-22(17-27(31)32)28-29-24-9-5-6-10-25(24)30(28)14-15-33-26-11-7-4-8-20(26)2/h4-13,16,22H,14-15,17-18H2,1-3H3/t22-/m0/s1. The predicted molar refractivity (Wildman–Crippen MR) is 132 cm³/mol. The number of nitrogens with zero attached hydrogens (tertiary/aromatic N) is 3. The van der Waals surface area contributed by atoms with Crippen molar-refractivity contribution in [2.24, 2.45) is 0 Å². The largest absolute Gasteiger partial charge is 0.491 e. The molecule has 2 heterocycles. The van der Waals surface area contributed by atoms with Crippen molar-refractivity contribution in [2.75, 3.05) is 18.1 Å². The van der Waals surface area contributed by atoms with Crippen LogP contribution in [-0.2, 0) is 11.3 Å². The van der Waals surface area contributed by atoms with Gasteiger partial charge in [-0.25, -0.2) is 4.98 Å². The molecule has 5 nitrogen and oxygen atoms in total. The molecule has 1 saturated heterocycles. The van der Waals surface area contributed by atoms with Crippen LogP contribution in [0.1, 0.15) is 34.9 Å². The minimum atomic E-state index is 0.0463. The third-order valence-corrected chi connectivity index (χ3v) is 6.64. The third-order valence-electron chi connectivity index (χ3n) is 6.64. The molecule has 1 atom stereocenters. The Hall–Kier alpha value is -3.60. The van der Waals surface area contributed by atoms with Crippen LogP contribution in [0.5, 0.6) is 5.75 Å². The summed E-state index contributed by atoms with van der Waals surface area (Å²) < 4.78 is 8.32. The zero-order valence-corrected chi connectivity index (χ0v) is 19.4. The highest BCUT2D eigenvalue weighted by Gasteiger charge is 2.35. The molecule has 0 unspecified atom stereocenters. The number of hydrogen-bond donors (Lipinski definition) is 0. The van der Waals surface area contributed by atoms with Gasteiger partial charge in [-0.05, 0) is 67.8 Å². The van der Waals surface area contributed by atoms with Gasteiger partial charge in [0.25, 0.3) is 0 Å². The summed E-state index contributed by atoms with van der Waals surface area (Å²) in [6.07, 6.45) is 0.467. The summed E-state index contributed by atoms with van der Waals surface area (Å²) in [5.41, 5.74) is 6.56. The topological polar surface area (TPSA) is 47.4 Å². The number of amides is 1. The maximum Gasteiger partial charge on any atom is 0.227 e. The lowest BCUT2D eigenvalue weighted by molar-refractivity contribution is -0.117. The van der Waals surface area contributed by atoms with Crippen molar-refractivity contribution in [2.45, 2.75) is 39.7 Å². The van der Waals surface area contributed by atoms with Gasteiger partial charge in [0.15, 0.2) is 0 Å². The van der Waals surface area contributed by atoms with E-state index in [1.807, 2.05) is 47.4 Å². The smallest absolute Gasteiger partial charge is 0.227 e. The highest BCUT2D eigenvalue weighted by molar-refractivity contribution is 5.96. The van der Waals surface area contributed by atoms with Crippen LogP contribution in [0, 0.1) is 20.8 Å². The molecule has 4 aromatic rings. The molecule has 1 amide bonds. The molecule has 0 aliphatic carbocycles. The first-order valence-electron chi connectivity index (χ1n) is 11.5. The van der Waals surface area contributed by atoms with E-state index in [9.17, 15) is 4.79 Å². The number of aromatic nitrogens is 2. The van der Waals surface area contributed by atoms with Gasteiger partial charge < -0.3 is 14.2 Å². The van der Waals surface area contributed by atoms with E-state index in [4.69, 9.17) is 9.72 Å². The number of aryl methyl sites for hydroxylation is 3. The SMILES string of the molecule is Cc1ccc(N2C[C@@H](c3nc4ccccc4n3CCOc3ccccc3C)CC2=O)cc1C. The van der Waals surface area contributed by atoms with Gasteiger partial charge in [-0.1, -0.05) is 36.4 Å². The third kappa shape index (κ3) is 4.11. The van der Waals surface area contributed by atoms with Crippen LogP contribution < -0.4 is 9.64 Å². The summed E-state index contributed by atoms with van der Waals surface area (Å²) in [7, 11) is 0. The monoisotopic (exact) mass is 439 g/mol. The highest BCUT2D eigenvalue weighted by atomic mass is 16.5. The fourth-order valence-corrected chi connectivity index (χ4v) is 4.63. The van der Waals surface area contributed by atoms with E-state index in [0.29, 0.717) is 26.1 Å². The average molecular weight is 440 g/mol. The van der Waals surface area contributed by atoms with E-state index in [0.717, 1.165) is 33.9 Å².